The molecule has 0 aliphatic rings. The van der Waals surface area contributed by atoms with Crippen LogP contribution in [0.25, 0.3) is 5.65 Å². The molecule has 2 rings (SSSR count). The van der Waals surface area contributed by atoms with Gasteiger partial charge in [0.05, 0.1) is 5.69 Å². The first-order chi connectivity index (χ1) is 13.3. The number of carbonyl (C=O) groups excluding carboxylic acids is 1. The summed E-state index contributed by atoms with van der Waals surface area (Å²) in [7, 11) is 1.74. The molecule has 28 heavy (non-hydrogen) atoms. The first kappa shape index (κ1) is 21.5. The minimum Gasteiger partial charge on any atom is -0.444 e. The summed E-state index contributed by atoms with van der Waals surface area (Å²) < 4.78 is 7.25. The van der Waals surface area contributed by atoms with Crippen molar-refractivity contribution in [3.8, 4) is 0 Å². The summed E-state index contributed by atoms with van der Waals surface area (Å²) in [6, 6.07) is 4.09. The molecule has 0 saturated carbocycles. The lowest BCUT2D eigenvalue weighted by molar-refractivity contribution is 0.0527. The van der Waals surface area contributed by atoms with Gasteiger partial charge in [-0.2, -0.15) is 0 Å². The minimum atomic E-state index is -0.478. The third-order valence-electron chi connectivity index (χ3n) is 3.94. The van der Waals surface area contributed by atoms with Crippen molar-refractivity contribution < 1.29 is 9.53 Å². The standard InChI is InChI=1S/C20H32N6O2/c1-15-8-6-13-26-14-16(25-17(15)26)9-12-23-18(21-5)22-10-7-11-24-19(27)28-20(2,3)4/h6,8,13-14H,7,9-12H2,1-5H3,(H,24,27)(H2,21,22,23). The lowest BCUT2D eigenvalue weighted by Crippen LogP contribution is -2.40. The fourth-order valence-electron chi connectivity index (χ4n) is 2.65. The number of fused-ring (bicyclic) bond motifs is 1. The third-order valence-corrected chi connectivity index (χ3v) is 3.94. The monoisotopic (exact) mass is 388 g/mol. The minimum absolute atomic E-state index is 0.391. The molecule has 0 aliphatic carbocycles. The van der Waals surface area contributed by atoms with Gasteiger partial charge in [-0.3, -0.25) is 4.99 Å². The summed E-state index contributed by atoms with van der Waals surface area (Å²) in [5, 5.41) is 9.26. The Morgan fingerprint density at radius 3 is 2.61 bits per heavy atom. The predicted octanol–water partition coefficient (Wildman–Crippen LogP) is 2.27. The number of pyridine rings is 1. The fourth-order valence-corrected chi connectivity index (χ4v) is 2.65. The second kappa shape index (κ2) is 9.96. The van der Waals surface area contributed by atoms with E-state index in [4.69, 9.17) is 4.74 Å². The molecule has 1 amide bonds. The summed E-state index contributed by atoms with van der Waals surface area (Å²) in [6.07, 6.45) is 5.26. The van der Waals surface area contributed by atoms with Gasteiger partial charge in [0, 0.05) is 45.5 Å². The quantitative estimate of drug-likeness (QED) is 0.384. The topological polar surface area (TPSA) is 92.0 Å². The Bertz CT molecular complexity index is 807. The molecule has 2 aromatic rings. The van der Waals surface area contributed by atoms with E-state index in [1.165, 1.54) is 5.56 Å². The SMILES string of the molecule is CN=C(NCCCNC(=O)OC(C)(C)C)NCCc1cn2cccc(C)c2n1. The maximum absolute atomic E-state index is 11.6. The number of nitrogens with zero attached hydrogens (tertiary/aromatic N) is 3. The molecular formula is C20H32N6O2. The molecule has 0 bridgehead atoms. The van der Waals surface area contributed by atoms with E-state index in [1.54, 1.807) is 7.05 Å². The third kappa shape index (κ3) is 7.09. The van der Waals surface area contributed by atoms with Gasteiger partial charge in [-0.1, -0.05) is 6.07 Å². The summed E-state index contributed by atoms with van der Waals surface area (Å²) in [5.74, 6) is 0.734. The van der Waals surface area contributed by atoms with Crippen molar-refractivity contribution in [2.24, 2.45) is 4.99 Å². The Balaban J connectivity index is 1.64. The van der Waals surface area contributed by atoms with Crippen LogP contribution in [0, 0.1) is 6.92 Å². The molecule has 0 aromatic carbocycles. The summed E-state index contributed by atoms with van der Waals surface area (Å²) in [6.45, 7) is 9.57. The molecular weight excluding hydrogens is 356 g/mol. The number of carbonyl (C=O) groups is 1. The number of amides is 1. The van der Waals surface area contributed by atoms with Crippen LogP contribution in [-0.2, 0) is 11.2 Å². The second-order valence-corrected chi connectivity index (χ2v) is 7.61. The van der Waals surface area contributed by atoms with Gasteiger partial charge in [-0.15, -0.1) is 0 Å². The van der Waals surface area contributed by atoms with Gasteiger partial charge in [0.15, 0.2) is 5.96 Å². The number of aromatic nitrogens is 2. The molecule has 2 heterocycles. The molecule has 154 valence electrons. The van der Waals surface area contributed by atoms with Gasteiger partial charge in [0.2, 0.25) is 0 Å². The van der Waals surface area contributed by atoms with Gasteiger partial charge in [0.1, 0.15) is 11.2 Å². The Kier molecular flexibility index (Phi) is 7.66. The Labute approximate surface area is 166 Å². The molecule has 0 radical (unpaired) electrons. The van der Waals surface area contributed by atoms with Crippen molar-refractivity contribution in [1.82, 2.24) is 25.3 Å². The number of ether oxygens (including phenoxy) is 1. The fraction of sp³-hybridized carbons (Fsp3) is 0.550. The highest BCUT2D eigenvalue weighted by atomic mass is 16.6. The Morgan fingerprint density at radius 2 is 1.93 bits per heavy atom. The average molecular weight is 389 g/mol. The summed E-state index contributed by atoms with van der Waals surface area (Å²) >= 11 is 0. The molecule has 0 saturated heterocycles. The van der Waals surface area contributed by atoms with E-state index in [1.807, 2.05) is 33.0 Å². The first-order valence-corrected chi connectivity index (χ1v) is 9.63. The van der Waals surface area contributed by atoms with Crippen LogP contribution in [0.1, 0.15) is 38.4 Å². The van der Waals surface area contributed by atoms with Crippen LogP contribution in [0.4, 0.5) is 4.79 Å². The number of aryl methyl sites for hydroxylation is 1. The van der Waals surface area contributed by atoms with Crippen LogP contribution in [0.2, 0.25) is 0 Å². The first-order valence-electron chi connectivity index (χ1n) is 9.63. The number of hydrogen-bond acceptors (Lipinski definition) is 4. The highest BCUT2D eigenvalue weighted by molar-refractivity contribution is 5.79. The van der Waals surface area contributed by atoms with Gasteiger partial charge >= 0.3 is 6.09 Å². The van der Waals surface area contributed by atoms with Crippen LogP contribution in [0.5, 0.6) is 0 Å². The van der Waals surface area contributed by atoms with E-state index in [0.29, 0.717) is 13.1 Å². The molecule has 8 heteroatoms. The normalized spacial score (nSPS) is 12.1. The van der Waals surface area contributed by atoms with Crippen LogP contribution in [0.3, 0.4) is 0 Å². The van der Waals surface area contributed by atoms with E-state index in [9.17, 15) is 4.79 Å². The van der Waals surface area contributed by atoms with Crippen molar-refractivity contribution in [2.45, 2.75) is 46.1 Å². The molecule has 0 aliphatic heterocycles. The number of alkyl carbamates (subject to hydrolysis) is 1. The van der Waals surface area contributed by atoms with Gasteiger partial charge in [-0.25, -0.2) is 9.78 Å². The summed E-state index contributed by atoms with van der Waals surface area (Å²) in [5.41, 5.74) is 2.73. The number of rotatable bonds is 7. The second-order valence-electron chi connectivity index (χ2n) is 7.61. The lowest BCUT2D eigenvalue weighted by Gasteiger charge is -2.19. The Morgan fingerprint density at radius 1 is 1.21 bits per heavy atom. The molecule has 0 spiro atoms. The van der Waals surface area contributed by atoms with Crippen molar-refractivity contribution in [2.75, 3.05) is 26.7 Å². The highest BCUT2D eigenvalue weighted by Crippen LogP contribution is 2.10. The van der Waals surface area contributed by atoms with Gasteiger partial charge in [-0.05, 0) is 45.7 Å². The average Bonchev–Trinajstić information content (AvgIpc) is 3.02. The van der Waals surface area contributed by atoms with Crippen molar-refractivity contribution in [1.29, 1.82) is 0 Å². The molecule has 2 aromatic heterocycles. The van der Waals surface area contributed by atoms with E-state index in [-0.39, 0.29) is 0 Å². The van der Waals surface area contributed by atoms with Gasteiger partial charge in [0.25, 0.3) is 0 Å². The number of guanidine groups is 1. The molecule has 0 fully saturated rings. The number of aliphatic imine (C=N–C) groups is 1. The van der Waals surface area contributed by atoms with Crippen LogP contribution >= 0.6 is 0 Å². The lowest BCUT2D eigenvalue weighted by atomic mass is 10.2. The predicted molar refractivity (Wildman–Crippen MR) is 112 cm³/mol. The molecule has 8 nitrogen and oxygen atoms in total. The van der Waals surface area contributed by atoms with Crippen molar-refractivity contribution >= 4 is 17.7 Å². The molecule has 3 N–H and O–H groups in total. The van der Waals surface area contributed by atoms with E-state index in [0.717, 1.165) is 36.7 Å². The zero-order chi connectivity index (χ0) is 20.6. The van der Waals surface area contributed by atoms with Crippen molar-refractivity contribution in [3.63, 3.8) is 0 Å². The van der Waals surface area contributed by atoms with E-state index >= 15 is 0 Å². The van der Waals surface area contributed by atoms with Gasteiger partial charge < -0.3 is 25.1 Å². The highest BCUT2D eigenvalue weighted by Gasteiger charge is 2.15. The van der Waals surface area contributed by atoms with E-state index in [2.05, 4.69) is 49.5 Å². The number of hydrogen-bond donors (Lipinski definition) is 3. The zero-order valence-corrected chi connectivity index (χ0v) is 17.5. The maximum atomic E-state index is 11.6. The number of nitrogens with one attached hydrogen (secondary N) is 3. The molecule has 0 atom stereocenters. The maximum Gasteiger partial charge on any atom is 0.407 e. The van der Waals surface area contributed by atoms with Crippen LogP contribution in [0.15, 0.2) is 29.5 Å². The Hall–Kier alpha value is -2.77. The largest absolute Gasteiger partial charge is 0.444 e. The van der Waals surface area contributed by atoms with Crippen LogP contribution < -0.4 is 16.0 Å². The smallest absolute Gasteiger partial charge is 0.407 e. The number of imidazole rings is 1. The van der Waals surface area contributed by atoms with Crippen molar-refractivity contribution in [3.05, 3.63) is 35.8 Å². The van der Waals surface area contributed by atoms with Crippen LogP contribution in [-0.4, -0.2) is 53.7 Å². The zero-order valence-electron chi connectivity index (χ0n) is 17.5. The summed E-state index contributed by atoms with van der Waals surface area (Å²) in [4.78, 5) is 20.5. The molecule has 0 unspecified atom stereocenters. The van der Waals surface area contributed by atoms with E-state index < -0.39 is 11.7 Å².